The predicted octanol–water partition coefficient (Wildman–Crippen LogP) is 7.55. The van der Waals surface area contributed by atoms with Crippen LogP contribution in [0, 0.1) is 0 Å². The third kappa shape index (κ3) is 5.97. The van der Waals surface area contributed by atoms with Crippen molar-refractivity contribution in [2.24, 2.45) is 0 Å². The molecule has 0 unspecified atom stereocenters. The Kier molecular flexibility index (Phi) is 9.13. The van der Waals surface area contributed by atoms with Gasteiger partial charge < -0.3 is 19.4 Å². The molecule has 0 saturated heterocycles. The maximum atomic E-state index is 14.2. The molecule has 1 atom stereocenters. The Hall–Kier alpha value is -3.76. The number of carbonyl (C=O) groups excluding carboxylic acids is 4. The van der Waals surface area contributed by atoms with E-state index in [9.17, 15) is 19.2 Å². The molecule has 0 saturated carbocycles. The van der Waals surface area contributed by atoms with E-state index in [1.807, 2.05) is 30.3 Å². The van der Waals surface area contributed by atoms with Crippen LogP contribution >= 0.6 is 46.4 Å². The highest BCUT2D eigenvalue weighted by Crippen LogP contribution is 2.50. The van der Waals surface area contributed by atoms with Crippen molar-refractivity contribution in [2.45, 2.75) is 46.2 Å². The molecular formula is C31H25Cl4N3O6. The average Bonchev–Trinajstić information content (AvgIpc) is 3.59. The van der Waals surface area contributed by atoms with Crippen molar-refractivity contribution in [3.63, 3.8) is 0 Å². The minimum Gasteiger partial charge on any atom is -0.426 e. The van der Waals surface area contributed by atoms with Crippen LogP contribution in [0.4, 0.5) is 0 Å². The smallest absolute Gasteiger partial charge is 0.308 e. The number of esters is 2. The Balaban J connectivity index is 1.85. The Morgan fingerprint density at radius 1 is 0.886 bits per heavy atom. The van der Waals surface area contributed by atoms with Crippen LogP contribution in [-0.2, 0) is 22.6 Å². The van der Waals surface area contributed by atoms with Gasteiger partial charge in [0.15, 0.2) is 5.75 Å². The van der Waals surface area contributed by atoms with E-state index in [1.165, 1.54) is 32.9 Å². The minimum absolute atomic E-state index is 0.0226. The molecule has 5 rings (SSSR count). The number of carbonyl (C=O) groups is 4. The van der Waals surface area contributed by atoms with Gasteiger partial charge in [-0.05, 0) is 36.6 Å². The SMILES string of the molecule is CC(=O)Oc1cc(-c2cc(Cl)c(Cl)n2C(C)=O)c(C(=O)NCc2ccccc2)c(OC(C)=O)c1[C@@H]1CCc2cc(Cl)c(Cl)n21. The molecule has 44 heavy (non-hydrogen) atoms. The highest BCUT2D eigenvalue weighted by molar-refractivity contribution is 6.42. The van der Waals surface area contributed by atoms with Gasteiger partial charge in [-0.25, -0.2) is 0 Å². The van der Waals surface area contributed by atoms with Crippen LogP contribution in [0.2, 0.25) is 20.4 Å². The van der Waals surface area contributed by atoms with Crippen molar-refractivity contribution < 1.29 is 28.7 Å². The van der Waals surface area contributed by atoms with Crippen LogP contribution < -0.4 is 14.8 Å². The Labute approximate surface area is 272 Å². The molecule has 228 valence electrons. The van der Waals surface area contributed by atoms with Gasteiger partial charge in [0.25, 0.3) is 5.91 Å². The van der Waals surface area contributed by atoms with Crippen LogP contribution in [0.5, 0.6) is 11.5 Å². The topological polar surface area (TPSA) is 109 Å². The fraction of sp³-hybridized carbons (Fsp3) is 0.226. The molecule has 0 fully saturated rings. The lowest BCUT2D eigenvalue weighted by atomic mass is 9.92. The van der Waals surface area contributed by atoms with Crippen molar-refractivity contribution in [1.82, 2.24) is 14.5 Å². The standard InChI is InChI=1S/C31H25Cl4N3O6/c1-15(39)37-24(13-22(33)29(37)34)20-12-25(43-16(2)40)27(23-10-9-19-11-21(32)30(35)38(19)23)28(44-17(3)41)26(20)31(42)36-14-18-7-5-4-6-8-18/h4-8,11-13,23H,9-10,14H2,1-3H3,(H,36,42)/t23-/m0/s1. The molecule has 1 amide bonds. The van der Waals surface area contributed by atoms with E-state index in [-0.39, 0.29) is 55.8 Å². The molecule has 2 aromatic heterocycles. The highest BCUT2D eigenvalue weighted by Gasteiger charge is 2.37. The quantitative estimate of drug-likeness (QED) is 0.160. The van der Waals surface area contributed by atoms with Gasteiger partial charge in [0, 0.05) is 38.6 Å². The van der Waals surface area contributed by atoms with Gasteiger partial charge in [-0.15, -0.1) is 0 Å². The highest BCUT2D eigenvalue weighted by atomic mass is 35.5. The summed E-state index contributed by atoms with van der Waals surface area (Å²) in [7, 11) is 0. The molecule has 1 aliphatic rings. The molecule has 1 aliphatic heterocycles. The number of hydrogen-bond acceptors (Lipinski definition) is 6. The summed E-state index contributed by atoms with van der Waals surface area (Å²) < 4.78 is 14.4. The minimum atomic E-state index is -0.748. The van der Waals surface area contributed by atoms with E-state index in [0.29, 0.717) is 17.9 Å². The van der Waals surface area contributed by atoms with E-state index in [0.717, 1.165) is 15.8 Å². The summed E-state index contributed by atoms with van der Waals surface area (Å²) in [5.41, 5.74) is 1.90. The molecule has 0 spiro atoms. The maximum absolute atomic E-state index is 14.2. The van der Waals surface area contributed by atoms with Crippen LogP contribution in [0.1, 0.15) is 65.2 Å². The number of benzene rings is 2. The summed E-state index contributed by atoms with van der Waals surface area (Å²) in [4.78, 5) is 52.0. The summed E-state index contributed by atoms with van der Waals surface area (Å²) in [5, 5.41) is 3.36. The van der Waals surface area contributed by atoms with Crippen molar-refractivity contribution in [2.75, 3.05) is 0 Å². The number of fused-ring (bicyclic) bond motifs is 1. The maximum Gasteiger partial charge on any atom is 0.308 e. The van der Waals surface area contributed by atoms with Crippen molar-refractivity contribution in [3.05, 3.63) is 91.3 Å². The van der Waals surface area contributed by atoms with Crippen LogP contribution in [0.25, 0.3) is 11.3 Å². The molecule has 1 N–H and O–H groups in total. The average molecular weight is 677 g/mol. The molecule has 13 heteroatoms. The summed E-state index contributed by atoms with van der Waals surface area (Å²) in [5.74, 6) is -2.78. The first-order valence-corrected chi connectivity index (χ1v) is 14.9. The summed E-state index contributed by atoms with van der Waals surface area (Å²) in [6.07, 6.45) is 1.01. The van der Waals surface area contributed by atoms with E-state index < -0.39 is 29.8 Å². The molecule has 0 bridgehead atoms. The normalized spacial score (nSPS) is 13.8. The fourth-order valence-corrected chi connectivity index (χ4v) is 6.39. The number of halogens is 4. The van der Waals surface area contributed by atoms with Gasteiger partial charge in [0.2, 0.25) is 5.91 Å². The van der Waals surface area contributed by atoms with E-state index in [1.54, 1.807) is 10.6 Å². The first-order valence-electron chi connectivity index (χ1n) is 13.4. The molecule has 4 aromatic rings. The zero-order chi connectivity index (χ0) is 31.9. The van der Waals surface area contributed by atoms with E-state index in [2.05, 4.69) is 5.32 Å². The second-order valence-corrected chi connectivity index (χ2v) is 11.6. The summed E-state index contributed by atoms with van der Waals surface area (Å²) in [6, 6.07) is 13.1. The number of amides is 1. The number of ether oxygens (including phenoxy) is 2. The lowest BCUT2D eigenvalue weighted by Crippen LogP contribution is -2.26. The molecule has 2 aromatic carbocycles. The number of hydrogen-bond donors (Lipinski definition) is 1. The predicted molar refractivity (Wildman–Crippen MR) is 167 cm³/mol. The monoisotopic (exact) mass is 675 g/mol. The van der Waals surface area contributed by atoms with Crippen molar-refractivity contribution >= 4 is 70.2 Å². The second kappa shape index (κ2) is 12.7. The third-order valence-electron chi connectivity index (χ3n) is 7.12. The van der Waals surface area contributed by atoms with Crippen LogP contribution in [0.15, 0.2) is 48.5 Å². The van der Waals surface area contributed by atoms with Gasteiger partial charge in [-0.1, -0.05) is 76.7 Å². The van der Waals surface area contributed by atoms with E-state index >= 15 is 0 Å². The Morgan fingerprint density at radius 2 is 1.55 bits per heavy atom. The first-order chi connectivity index (χ1) is 20.9. The van der Waals surface area contributed by atoms with E-state index in [4.69, 9.17) is 55.9 Å². The lowest BCUT2D eigenvalue weighted by molar-refractivity contribution is -0.132. The van der Waals surface area contributed by atoms with Crippen molar-refractivity contribution in [3.8, 4) is 22.8 Å². The Bertz CT molecular complexity index is 1830. The number of rotatable bonds is 7. The van der Waals surface area contributed by atoms with Gasteiger partial charge in [0.05, 0.1) is 32.9 Å². The summed E-state index contributed by atoms with van der Waals surface area (Å²) >= 11 is 25.7. The lowest BCUT2D eigenvalue weighted by Gasteiger charge is -2.25. The molecule has 3 heterocycles. The number of nitrogens with one attached hydrogen (secondary N) is 1. The molecule has 0 aliphatic carbocycles. The number of aromatic nitrogens is 2. The molecule has 0 radical (unpaired) electrons. The fourth-order valence-electron chi connectivity index (χ4n) is 5.44. The van der Waals surface area contributed by atoms with Crippen LogP contribution in [0.3, 0.4) is 0 Å². The number of nitrogens with zero attached hydrogens (tertiary/aromatic N) is 2. The zero-order valence-corrected chi connectivity index (χ0v) is 26.7. The van der Waals surface area contributed by atoms with Gasteiger partial charge >= 0.3 is 11.9 Å². The Morgan fingerprint density at radius 3 is 2.18 bits per heavy atom. The van der Waals surface area contributed by atoms with Gasteiger partial charge in [-0.3, -0.25) is 23.7 Å². The third-order valence-corrected chi connectivity index (χ3v) is 8.65. The first kappa shape index (κ1) is 31.7. The number of aryl methyl sites for hydroxylation is 1. The van der Waals surface area contributed by atoms with Crippen molar-refractivity contribution in [1.29, 1.82) is 0 Å². The summed E-state index contributed by atoms with van der Waals surface area (Å²) in [6.45, 7) is 3.79. The van der Waals surface area contributed by atoms with Crippen LogP contribution in [-0.4, -0.2) is 32.9 Å². The largest absolute Gasteiger partial charge is 0.426 e. The molecular weight excluding hydrogens is 652 g/mol. The second-order valence-electron chi connectivity index (χ2n) is 10.1. The van der Waals surface area contributed by atoms with Gasteiger partial charge in [0.1, 0.15) is 16.1 Å². The molecule has 9 nitrogen and oxygen atoms in total. The zero-order valence-electron chi connectivity index (χ0n) is 23.7. The van der Waals surface area contributed by atoms with Gasteiger partial charge in [-0.2, -0.15) is 0 Å².